The second-order valence-electron chi connectivity index (χ2n) is 4.10. The summed E-state index contributed by atoms with van der Waals surface area (Å²) in [7, 11) is 1.74. The molecule has 2 rings (SSSR count). The highest BCUT2D eigenvalue weighted by Gasteiger charge is 2.05. The van der Waals surface area contributed by atoms with Crippen molar-refractivity contribution >= 4 is 22.6 Å². The van der Waals surface area contributed by atoms with E-state index in [4.69, 9.17) is 4.74 Å². The highest BCUT2D eigenvalue weighted by Crippen LogP contribution is 2.26. The van der Waals surface area contributed by atoms with Crippen LogP contribution in [0.3, 0.4) is 0 Å². The lowest BCUT2D eigenvalue weighted by molar-refractivity contribution is 0.185. The van der Waals surface area contributed by atoms with E-state index in [1.165, 1.54) is 25.8 Å². The quantitative estimate of drug-likeness (QED) is 0.753. The van der Waals surface area contributed by atoms with Gasteiger partial charge in [-0.1, -0.05) is 35.9 Å². The SMILES string of the molecule is COCc1cc(C)ccc1-c1ccc(I)cc1. The zero-order valence-electron chi connectivity index (χ0n) is 10.0. The largest absolute Gasteiger partial charge is 0.380 e. The fourth-order valence-electron chi connectivity index (χ4n) is 1.91. The molecule has 17 heavy (non-hydrogen) atoms. The Kier molecular flexibility index (Phi) is 4.18. The van der Waals surface area contributed by atoms with Crippen molar-refractivity contribution in [1.29, 1.82) is 0 Å². The standard InChI is InChI=1S/C15H15IO/c1-11-3-8-15(13(9-11)10-17-2)12-4-6-14(16)7-5-12/h3-9H,10H2,1-2H3. The van der Waals surface area contributed by atoms with E-state index in [1.54, 1.807) is 7.11 Å². The number of methoxy groups -OCH3 is 1. The van der Waals surface area contributed by atoms with E-state index in [0.717, 1.165) is 0 Å². The molecule has 0 aromatic heterocycles. The van der Waals surface area contributed by atoms with Crippen LogP contribution in [0, 0.1) is 10.5 Å². The Morgan fingerprint density at radius 3 is 2.41 bits per heavy atom. The lowest BCUT2D eigenvalue weighted by Crippen LogP contribution is -1.93. The fraction of sp³-hybridized carbons (Fsp3) is 0.200. The number of halogens is 1. The molecule has 0 saturated heterocycles. The molecule has 0 heterocycles. The molecule has 1 nitrogen and oxygen atoms in total. The highest BCUT2D eigenvalue weighted by molar-refractivity contribution is 14.1. The molecule has 0 aliphatic rings. The lowest BCUT2D eigenvalue weighted by atomic mass is 9.98. The Morgan fingerprint density at radius 2 is 1.76 bits per heavy atom. The van der Waals surface area contributed by atoms with Crippen LogP contribution in [0.15, 0.2) is 42.5 Å². The molecule has 0 saturated carbocycles. The minimum absolute atomic E-state index is 0.656. The van der Waals surface area contributed by atoms with Crippen LogP contribution >= 0.6 is 22.6 Å². The molecule has 0 unspecified atom stereocenters. The average Bonchev–Trinajstić information content (AvgIpc) is 2.31. The Balaban J connectivity index is 2.46. The molecule has 0 spiro atoms. The van der Waals surface area contributed by atoms with Crippen molar-refractivity contribution in [1.82, 2.24) is 0 Å². The summed E-state index contributed by atoms with van der Waals surface area (Å²) < 4.78 is 6.52. The van der Waals surface area contributed by atoms with Gasteiger partial charge in [0, 0.05) is 10.7 Å². The van der Waals surface area contributed by atoms with Crippen molar-refractivity contribution in [2.75, 3.05) is 7.11 Å². The van der Waals surface area contributed by atoms with Crippen LogP contribution in [-0.4, -0.2) is 7.11 Å². The van der Waals surface area contributed by atoms with E-state index >= 15 is 0 Å². The molecule has 0 N–H and O–H groups in total. The number of benzene rings is 2. The van der Waals surface area contributed by atoms with Crippen LogP contribution in [0.5, 0.6) is 0 Å². The molecule has 2 aromatic carbocycles. The van der Waals surface area contributed by atoms with Crippen LogP contribution in [0.4, 0.5) is 0 Å². The highest BCUT2D eigenvalue weighted by atomic mass is 127. The number of rotatable bonds is 3. The molecule has 0 fully saturated rings. The Hall–Kier alpha value is -0.870. The topological polar surface area (TPSA) is 9.23 Å². The summed E-state index contributed by atoms with van der Waals surface area (Å²) in [5, 5.41) is 0. The molecular weight excluding hydrogens is 323 g/mol. The van der Waals surface area contributed by atoms with Gasteiger partial charge in [-0.3, -0.25) is 0 Å². The second kappa shape index (κ2) is 5.65. The van der Waals surface area contributed by atoms with Crippen molar-refractivity contribution in [2.24, 2.45) is 0 Å². The van der Waals surface area contributed by atoms with Crippen LogP contribution in [0.1, 0.15) is 11.1 Å². The first kappa shape index (κ1) is 12.6. The van der Waals surface area contributed by atoms with Gasteiger partial charge in [0.2, 0.25) is 0 Å². The Morgan fingerprint density at radius 1 is 1.06 bits per heavy atom. The molecule has 2 heteroatoms. The fourth-order valence-corrected chi connectivity index (χ4v) is 2.27. The minimum Gasteiger partial charge on any atom is -0.380 e. The van der Waals surface area contributed by atoms with Gasteiger partial charge in [-0.2, -0.15) is 0 Å². The normalized spacial score (nSPS) is 10.5. The predicted octanol–water partition coefficient (Wildman–Crippen LogP) is 4.41. The number of hydrogen-bond donors (Lipinski definition) is 0. The van der Waals surface area contributed by atoms with Gasteiger partial charge in [-0.15, -0.1) is 0 Å². The third-order valence-corrected chi connectivity index (χ3v) is 3.43. The van der Waals surface area contributed by atoms with Crippen LogP contribution in [0.25, 0.3) is 11.1 Å². The molecule has 0 radical (unpaired) electrons. The van der Waals surface area contributed by atoms with E-state index in [0.29, 0.717) is 6.61 Å². The monoisotopic (exact) mass is 338 g/mol. The molecular formula is C15H15IO. The van der Waals surface area contributed by atoms with Crippen molar-refractivity contribution in [3.8, 4) is 11.1 Å². The van der Waals surface area contributed by atoms with Crippen molar-refractivity contribution < 1.29 is 4.74 Å². The van der Waals surface area contributed by atoms with Gasteiger partial charge in [0.25, 0.3) is 0 Å². The second-order valence-corrected chi connectivity index (χ2v) is 5.35. The van der Waals surface area contributed by atoms with E-state index in [9.17, 15) is 0 Å². The maximum Gasteiger partial charge on any atom is 0.0719 e. The Bertz CT molecular complexity index is 503. The van der Waals surface area contributed by atoms with Gasteiger partial charge in [-0.05, 0) is 58.3 Å². The smallest absolute Gasteiger partial charge is 0.0719 e. The maximum absolute atomic E-state index is 5.27. The lowest BCUT2D eigenvalue weighted by Gasteiger charge is -2.10. The summed E-state index contributed by atoms with van der Waals surface area (Å²) in [5.41, 5.74) is 5.02. The van der Waals surface area contributed by atoms with Crippen molar-refractivity contribution in [2.45, 2.75) is 13.5 Å². The average molecular weight is 338 g/mol. The summed E-state index contributed by atoms with van der Waals surface area (Å²) in [6.45, 7) is 2.76. The summed E-state index contributed by atoms with van der Waals surface area (Å²) >= 11 is 2.32. The predicted molar refractivity (Wildman–Crippen MR) is 80.0 cm³/mol. The van der Waals surface area contributed by atoms with Crippen molar-refractivity contribution in [3.05, 3.63) is 57.2 Å². The third kappa shape index (κ3) is 3.07. The first-order valence-electron chi connectivity index (χ1n) is 5.55. The molecule has 2 aromatic rings. The van der Waals surface area contributed by atoms with Gasteiger partial charge in [0.05, 0.1) is 6.61 Å². The third-order valence-electron chi connectivity index (χ3n) is 2.72. The van der Waals surface area contributed by atoms with Gasteiger partial charge in [0.1, 0.15) is 0 Å². The van der Waals surface area contributed by atoms with Crippen LogP contribution in [-0.2, 0) is 11.3 Å². The molecule has 0 atom stereocenters. The summed E-state index contributed by atoms with van der Waals surface area (Å²) in [4.78, 5) is 0. The van der Waals surface area contributed by atoms with E-state index in [1.807, 2.05) is 0 Å². The van der Waals surface area contributed by atoms with Gasteiger partial charge in [-0.25, -0.2) is 0 Å². The first-order chi connectivity index (χ1) is 8.20. The molecule has 0 aliphatic heterocycles. The van der Waals surface area contributed by atoms with Gasteiger partial charge < -0.3 is 4.74 Å². The van der Waals surface area contributed by atoms with E-state index in [-0.39, 0.29) is 0 Å². The number of ether oxygens (including phenoxy) is 1. The molecule has 0 aliphatic carbocycles. The minimum atomic E-state index is 0.656. The summed E-state index contributed by atoms with van der Waals surface area (Å²) in [6, 6.07) is 15.1. The van der Waals surface area contributed by atoms with Crippen molar-refractivity contribution in [3.63, 3.8) is 0 Å². The summed E-state index contributed by atoms with van der Waals surface area (Å²) in [5.74, 6) is 0. The first-order valence-corrected chi connectivity index (χ1v) is 6.63. The van der Waals surface area contributed by atoms with E-state index < -0.39 is 0 Å². The zero-order chi connectivity index (χ0) is 12.3. The van der Waals surface area contributed by atoms with Crippen LogP contribution < -0.4 is 0 Å². The van der Waals surface area contributed by atoms with Gasteiger partial charge in [0.15, 0.2) is 0 Å². The Labute approximate surface area is 116 Å². The maximum atomic E-state index is 5.27. The van der Waals surface area contributed by atoms with Crippen LogP contribution in [0.2, 0.25) is 0 Å². The molecule has 88 valence electrons. The molecule has 0 bridgehead atoms. The van der Waals surface area contributed by atoms with E-state index in [2.05, 4.69) is 72.0 Å². The summed E-state index contributed by atoms with van der Waals surface area (Å²) in [6.07, 6.45) is 0. The number of aryl methyl sites for hydroxylation is 1. The number of hydrogen-bond acceptors (Lipinski definition) is 1. The van der Waals surface area contributed by atoms with Gasteiger partial charge >= 0.3 is 0 Å². The zero-order valence-corrected chi connectivity index (χ0v) is 12.2. The molecule has 0 amide bonds.